The van der Waals surface area contributed by atoms with Gasteiger partial charge >= 0.3 is 0 Å². The van der Waals surface area contributed by atoms with Crippen molar-refractivity contribution in [3.63, 3.8) is 0 Å². The summed E-state index contributed by atoms with van der Waals surface area (Å²) in [6.45, 7) is 3.30. The zero-order valence-electron chi connectivity index (χ0n) is 9.88. The Morgan fingerprint density at radius 2 is 2.35 bits per heavy atom. The smallest absolute Gasteiger partial charge is 0.248 e. The number of nitrogens with one attached hydrogen (secondary N) is 1. The van der Waals surface area contributed by atoms with Gasteiger partial charge in [-0.15, -0.1) is 0 Å². The number of alkyl halides is 2. The van der Waals surface area contributed by atoms with E-state index in [1.54, 1.807) is 0 Å². The van der Waals surface area contributed by atoms with E-state index in [0.29, 0.717) is 31.1 Å². The van der Waals surface area contributed by atoms with Crippen molar-refractivity contribution in [1.29, 1.82) is 0 Å². The van der Waals surface area contributed by atoms with Gasteiger partial charge in [0, 0.05) is 18.8 Å². The lowest BCUT2D eigenvalue weighted by atomic mass is 9.86. The van der Waals surface area contributed by atoms with Gasteiger partial charge in [-0.1, -0.05) is 12.1 Å². The number of hydrogen-bond acceptors (Lipinski definition) is 4. The number of nitrogens with zero attached hydrogens (tertiary/aromatic N) is 2. The van der Waals surface area contributed by atoms with E-state index < -0.39 is 5.92 Å². The lowest BCUT2D eigenvalue weighted by Gasteiger charge is -2.26. The first kappa shape index (κ1) is 12.4. The molecule has 1 fully saturated rings. The van der Waals surface area contributed by atoms with Crippen LogP contribution in [0.2, 0.25) is 0 Å². The number of halogens is 2. The van der Waals surface area contributed by atoms with E-state index in [4.69, 9.17) is 4.52 Å². The van der Waals surface area contributed by atoms with Gasteiger partial charge in [-0.25, -0.2) is 8.78 Å². The van der Waals surface area contributed by atoms with E-state index in [2.05, 4.69) is 15.5 Å². The Labute approximate surface area is 98.8 Å². The molecule has 0 bridgehead atoms. The largest absolute Gasteiger partial charge is 0.339 e. The molecular weight excluding hydrogens is 228 g/mol. The summed E-state index contributed by atoms with van der Waals surface area (Å²) in [6.07, 6.45) is 1.03. The average molecular weight is 245 g/mol. The summed E-state index contributed by atoms with van der Waals surface area (Å²) in [5.41, 5.74) is 0. The fourth-order valence-electron chi connectivity index (χ4n) is 2.12. The Morgan fingerprint density at radius 1 is 1.53 bits per heavy atom. The quantitative estimate of drug-likeness (QED) is 0.885. The van der Waals surface area contributed by atoms with E-state index in [1.807, 2.05) is 6.92 Å². The van der Waals surface area contributed by atoms with Crippen LogP contribution in [0.25, 0.3) is 0 Å². The molecular formula is C11H17F2N3O. The topological polar surface area (TPSA) is 51.0 Å². The van der Waals surface area contributed by atoms with Crippen LogP contribution >= 0.6 is 0 Å². The summed E-state index contributed by atoms with van der Waals surface area (Å²) in [6, 6.07) is 0. The van der Waals surface area contributed by atoms with Crippen molar-refractivity contribution in [2.24, 2.45) is 0 Å². The highest BCUT2D eigenvalue weighted by Crippen LogP contribution is 2.41. The van der Waals surface area contributed by atoms with E-state index in [1.165, 1.54) is 0 Å². The second-order valence-corrected chi connectivity index (χ2v) is 4.48. The number of rotatable bonds is 4. The predicted octanol–water partition coefficient (Wildman–Crippen LogP) is 2.47. The molecule has 4 nitrogen and oxygen atoms in total. The molecule has 0 amide bonds. The summed E-state index contributed by atoms with van der Waals surface area (Å²) in [5, 5.41) is 6.85. The van der Waals surface area contributed by atoms with Crippen LogP contribution in [0.3, 0.4) is 0 Å². The molecule has 1 aliphatic rings. The van der Waals surface area contributed by atoms with Crippen molar-refractivity contribution in [2.75, 3.05) is 6.54 Å². The highest BCUT2D eigenvalue weighted by Gasteiger charge is 2.38. The molecule has 2 rings (SSSR count). The van der Waals surface area contributed by atoms with E-state index in [9.17, 15) is 8.78 Å². The first-order valence-electron chi connectivity index (χ1n) is 6.02. The van der Waals surface area contributed by atoms with E-state index in [0.717, 1.165) is 6.54 Å². The molecule has 6 heteroatoms. The lowest BCUT2D eigenvalue weighted by Crippen LogP contribution is -2.25. The van der Waals surface area contributed by atoms with Gasteiger partial charge in [-0.3, -0.25) is 0 Å². The van der Waals surface area contributed by atoms with Crippen molar-refractivity contribution in [1.82, 2.24) is 15.5 Å². The van der Waals surface area contributed by atoms with Crippen LogP contribution in [0, 0.1) is 0 Å². The molecule has 0 aromatic carbocycles. The summed E-state index contributed by atoms with van der Waals surface area (Å²) >= 11 is 0. The monoisotopic (exact) mass is 245 g/mol. The standard InChI is InChI=1S/C11H17F2N3O/c1-2-14-7-9-15-10(17-16-9)8-4-3-5-11(12,13)6-8/h8,14H,2-7H2,1H3. The predicted molar refractivity (Wildman–Crippen MR) is 57.8 cm³/mol. The molecule has 0 spiro atoms. The zero-order chi connectivity index (χ0) is 12.3. The molecule has 1 heterocycles. The fourth-order valence-corrected chi connectivity index (χ4v) is 2.12. The minimum absolute atomic E-state index is 0.0259. The molecule has 1 saturated carbocycles. The Morgan fingerprint density at radius 3 is 3.06 bits per heavy atom. The van der Waals surface area contributed by atoms with Gasteiger partial charge < -0.3 is 9.84 Å². The summed E-state index contributed by atoms with van der Waals surface area (Å²) < 4.78 is 31.6. The van der Waals surface area contributed by atoms with Gasteiger partial charge in [0.1, 0.15) is 0 Å². The highest BCUT2D eigenvalue weighted by molar-refractivity contribution is 4.98. The third-order valence-corrected chi connectivity index (χ3v) is 3.01. The van der Waals surface area contributed by atoms with Crippen LogP contribution in [0.15, 0.2) is 4.52 Å². The number of aromatic nitrogens is 2. The average Bonchev–Trinajstić information content (AvgIpc) is 2.73. The molecule has 1 N–H and O–H groups in total. The van der Waals surface area contributed by atoms with Crippen molar-refractivity contribution in [3.05, 3.63) is 11.7 Å². The van der Waals surface area contributed by atoms with Crippen molar-refractivity contribution >= 4 is 0 Å². The third kappa shape index (κ3) is 3.21. The van der Waals surface area contributed by atoms with E-state index in [-0.39, 0.29) is 18.8 Å². The van der Waals surface area contributed by atoms with Gasteiger partial charge in [-0.2, -0.15) is 4.98 Å². The molecule has 1 atom stereocenters. The van der Waals surface area contributed by atoms with Gasteiger partial charge in [0.2, 0.25) is 11.8 Å². The summed E-state index contributed by atoms with van der Waals surface area (Å²) in [4.78, 5) is 4.16. The summed E-state index contributed by atoms with van der Waals surface area (Å²) in [5.74, 6) is -1.98. The Balaban J connectivity index is 1.99. The normalized spacial score (nSPS) is 23.8. The van der Waals surface area contributed by atoms with Gasteiger partial charge in [0.25, 0.3) is 0 Å². The Kier molecular flexibility index (Phi) is 3.71. The molecule has 1 aliphatic carbocycles. The van der Waals surface area contributed by atoms with Gasteiger partial charge in [0.15, 0.2) is 5.82 Å². The zero-order valence-corrected chi connectivity index (χ0v) is 9.88. The molecule has 1 aromatic heterocycles. The Bertz CT molecular complexity index is 367. The lowest BCUT2D eigenvalue weighted by molar-refractivity contribution is -0.0440. The summed E-state index contributed by atoms with van der Waals surface area (Å²) in [7, 11) is 0. The SMILES string of the molecule is CCNCc1noc(C2CCCC(F)(F)C2)n1. The van der Waals surface area contributed by atoms with Crippen LogP contribution in [0.1, 0.15) is 50.2 Å². The van der Waals surface area contributed by atoms with Crippen LogP contribution in [-0.2, 0) is 6.54 Å². The van der Waals surface area contributed by atoms with Gasteiger partial charge in [-0.05, 0) is 19.4 Å². The fraction of sp³-hybridized carbons (Fsp3) is 0.818. The maximum Gasteiger partial charge on any atom is 0.248 e. The molecule has 1 aromatic rings. The molecule has 96 valence electrons. The first-order valence-corrected chi connectivity index (χ1v) is 6.02. The second kappa shape index (κ2) is 5.08. The van der Waals surface area contributed by atoms with Crippen molar-refractivity contribution in [2.45, 2.75) is 51.0 Å². The molecule has 0 radical (unpaired) electrons. The highest BCUT2D eigenvalue weighted by atomic mass is 19.3. The molecule has 17 heavy (non-hydrogen) atoms. The minimum atomic E-state index is -2.58. The minimum Gasteiger partial charge on any atom is -0.339 e. The van der Waals surface area contributed by atoms with Crippen LogP contribution in [0.4, 0.5) is 8.78 Å². The number of hydrogen-bond donors (Lipinski definition) is 1. The molecule has 0 aliphatic heterocycles. The first-order chi connectivity index (χ1) is 8.11. The van der Waals surface area contributed by atoms with Crippen LogP contribution < -0.4 is 5.32 Å². The maximum absolute atomic E-state index is 13.2. The maximum atomic E-state index is 13.2. The second-order valence-electron chi connectivity index (χ2n) is 4.48. The molecule has 0 saturated heterocycles. The van der Waals surface area contributed by atoms with Crippen molar-refractivity contribution in [3.8, 4) is 0 Å². The van der Waals surface area contributed by atoms with Crippen molar-refractivity contribution < 1.29 is 13.3 Å². The van der Waals surface area contributed by atoms with Crippen LogP contribution in [-0.4, -0.2) is 22.6 Å². The third-order valence-electron chi connectivity index (χ3n) is 3.01. The van der Waals surface area contributed by atoms with Crippen LogP contribution in [0.5, 0.6) is 0 Å². The molecule has 1 unspecified atom stereocenters. The Hall–Kier alpha value is -1.04. The van der Waals surface area contributed by atoms with Gasteiger partial charge in [0.05, 0.1) is 6.54 Å². The van der Waals surface area contributed by atoms with E-state index >= 15 is 0 Å².